The molecule has 1 aliphatic heterocycles. The molecular formula is C13H25ClN2O. The largest absolute Gasteiger partial charge is 0.355 e. The van der Waals surface area contributed by atoms with E-state index in [4.69, 9.17) is 0 Å². The highest BCUT2D eigenvalue weighted by atomic mass is 35.5. The van der Waals surface area contributed by atoms with Crippen LogP contribution in [0.5, 0.6) is 0 Å². The van der Waals surface area contributed by atoms with Gasteiger partial charge in [0.1, 0.15) is 0 Å². The predicted octanol–water partition coefficient (Wildman–Crippen LogP) is 1.96. The number of carbonyl (C=O) groups is 1. The maximum Gasteiger partial charge on any atom is 0.223 e. The number of amides is 1. The van der Waals surface area contributed by atoms with Gasteiger partial charge < -0.3 is 10.6 Å². The maximum absolute atomic E-state index is 11.9. The van der Waals surface area contributed by atoms with E-state index < -0.39 is 0 Å². The summed E-state index contributed by atoms with van der Waals surface area (Å²) in [5.41, 5.74) is 0.310. The van der Waals surface area contributed by atoms with E-state index in [-0.39, 0.29) is 24.2 Å². The molecule has 1 saturated carbocycles. The first kappa shape index (κ1) is 14.8. The molecule has 0 radical (unpaired) electrons. The molecule has 0 aromatic carbocycles. The number of hydrogen-bond donors (Lipinski definition) is 2. The molecule has 1 aliphatic carbocycles. The minimum atomic E-state index is 0. The third kappa shape index (κ3) is 4.14. The Morgan fingerprint density at radius 2 is 2.00 bits per heavy atom. The number of piperidine rings is 1. The van der Waals surface area contributed by atoms with Crippen LogP contribution < -0.4 is 10.6 Å². The number of nitrogens with one attached hydrogen (secondary N) is 2. The van der Waals surface area contributed by atoms with E-state index in [0.717, 1.165) is 19.6 Å². The summed E-state index contributed by atoms with van der Waals surface area (Å²) in [6.45, 7) is 7.38. The molecule has 2 aliphatic rings. The average Bonchev–Trinajstić information content (AvgIpc) is 3.10. The third-order valence-corrected chi connectivity index (χ3v) is 4.24. The zero-order chi connectivity index (χ0) is 11.6. The van der Waals surface area contributed by atoms with E-state index in [1.165, 1.54) is 25.7 Å². The Morgan fingerprint density at radius 1 is 1.41 bits per heavy atom. The summed E-state index contributed by atoms with van der Waals surface area (Å²) in [4.78, 5) is 11.9. The Labute approximate surface area is 111 Å². The van der Waals surface area contributed by atoms with Gasteiger partial charge in [0.05, 0.1) is 0 Å². The first-order valence-corrected chi connectivity index (χ1v) is 6.59. The van der Waals surface area contributed by atoms with Gasteiger partial charge in [-0.1, -0.05) is 13.8 Å². The smallest absolute Gasteiger partial charge is 0.223 e. The summed E-state index contributed by atoms with van der Waals surface area (Å²) >= 11 is 0. The number of halogens is 1. The monoisotopic (exact) mass is 260 g/mol. The van der Waals surface area contributed by atoms with Crippen molar-refractivity contribution in [3.05, 3.63) is 0 Å². The summed E-state index contributed by atoms with van der Waals surface area (Å²) in [5, 5.41) is 6.51. The summed E-state index contributed by atoms with van der Waals surface area (Å²) in [7, 11) is 0. The lowest BCUT2D eigenvalue weighted by molar-refractivity contribution is -0.125. The molecule has 17 heavy (non-hydrogen) atoms. The Morgan fingerprint density at radius 3 is 2.53 bits per heavy atom. The first-order chi connectivity index (χ1) is 7.61. The fourth-order valence-electron chi connectivity index (χ4n) is 2.48. The molecule has 2 rings (SSSR count). The number of rotatable bonds is 4. The molecule has 1 amide bonds. The number of carbonyl (C=O) groups excluding carboxylic acids is 1. The zero-order valence-electron chi connectivity index (χ0n) is 10.9. The molecule has 100 valence electrons. The van der Waals surface area contributed by atoms with Crippen LogP contribution in [0.25, 0.3) is 0 Å². The summed E-state index contributed by atoms with van der Waals surface area (Å²) in [5.74, 6) is 1.16. The second kappa shape index (κ2) is 6.05. The lowest BCUT2D eigenvalue weighted by Crippen LogP contribution is -2.44. The molecular weight excluding hydrogens is 236 g/mol. The van der Waals surface area contributed by atoms with E-state index in [2.05, 4.69) is 24.5 Å². The van der Waals surface area contributed by atoms with Crippen LogP contribution in [0.15, 0.2) is 0 Å². The standard InChI is InChI=1S/C13H24N2O.ClH/c1-10(11-3-4-11)12(16)15-9-13(2)5-7-14-8-6-13;/h10-11,14H,3-9H2,1-2H3,(H,15,16);1H. The average molecular weight is 261 g/mol. The fraction of sp³-hybridized carbons (Fsp3) is 0.923. The van der Waals surface area contributed by atoms with Crippen molar-refractivity contribution in [2.45, 2.75) is 39.5 Å². The van der Waals surface area contributed by atoms with E-state index in [1.807, 2.05) is 0 Å². The topological polar surface area (TPSA) is 41.1 Å². The Kier molecular flexibility index (Phi) is 5.26. The van der Waals surface area contributed by atoms with Crippen molar-refractivity contribution < 1.29 is 4.79 Å². The van der Waals surface area contributed by atoms with Crippen molar-refractivity contribution in [2.24, 2.45) is 17.3 Å². The minimum Gasteiger partial charge on any atom is -0.355 e. The van der Waals surface area contributed by atoms with Crippen molar-refractivity contribution in [3.8, 4) is 0 Å². The van der Waals surface area contributed by atoms with Crippen LogP contribution >= 0.6 is 12.4 Å². The quantitative estimate of drug-likeness (QED) is 0.811. The molecule has 1 unspecified atom stereocenters. The molecule has 2 N–H and O–H groups in total. The normalized spacial score (nSPS) is 24.6. The highest BCUT2D eigenvalue weighted by Crippen LogP contribution is 2.36. The van der Waals surface area contributed by atoms with E-state index in [9.17, 15) is 4.79 Å². The van der Waals surface area contributed by atoms with Crippen LogP contribution in [0.1, 0.15) is 39.5 Å². The highest BCUT2D eigenvalue weighted by Gasteiger charge is 2.34. The third-order valence-electron chi connectivity index (χ3n) is 4.24. The summed E-state index contributed by atoms with van der Waals surface area (Å²) in [6, 6.07) is 0. The first-order valence-electron chi connectivity index (χ1n) is 6.59. The summed E-state index contributed by atoms with van der Waals surface area (Å²) < 4.78 is 0. The van der Waals surface area contributed by atoms with Gasteiger partial charge in [0.2, 0.25) is 5.91 Å². The van der Waals surface area contributed by atoms with Gasteiger partial charge in [-0.25, -0.2) is 0 Å². The van der Waals surface area contributed by atoms with Gasteiger partial charge in [0.15, 0.2) is 0 Å². The maximum atomic E-state index is 11.9. The fourth-order valence-corrected chi connectivity index (χ4v) is 2.48. The molecule has 1 atom stereocenters. The van der Waals surface area contributed by atoms with Crippen molar-refractivity contribution in [3.63, 3.8) is 0 Å². The Hall–Kier alpha value is -0.280. The van der Waals surface area contributed by atoms with Crippen LogP contribution in [0.2, 0.25) is 0 Å². The van der Waals surface area contributed by atoms with Crippen molar-refractivity contribution in [2.75, 3.05) is 19.6 Å². The van der Waals surface area contributed by atoms with Gasteiger partial charge >= 0.3 is 0 Å². The van der Waals surface area contributed by atoms with Gasteiger partial charge in [-0.15, -0.1) is 12.4 Å². The zero-order valence-corrected chi connectivity index (χ0v) is 11.7. The van der Waals surface area contributed by atoms with Crippen LogP contribution in [0.3, 0.4) is 0 Å². The molecule has 1 heterocycles. The molecule has 0 spiro atoms. The SMILES string of the molecule is CC(C(=O)NCC1(C)CCNCC1)C1CC1.Cl. The van der Waals surface area contributed by atoms with E-state index in [1.54, 1.807) is 0 Å². The predicted molar refractivity (Wildman–Crippen MR) is 72.4 cm³/mol. The van der Waals surface area contributed by atoms with Gasteiger partial charge in [-0.3, -0.25) is 4.79 Å². The van der Waals surface area contributed by atoms with Crippen LogP contribution in [0.4, 0.5) is 0 Å². The van der Waals surface area contributed by atoms with Crippen LogP contribution in [0, 0.1) is 17.3 Å². The van der Waals surface area contributed by atoms with Crippen LogP contribution in [-0.4, -0.2) is 25.5 Å². The molecule has 1 saturated heterocycles. The second-order valence-electron chi connectivity index (χ2n) is 5.90. The van der Waals surface area contributed by atoms with Gasteiger partial charge in [-0.2, -0.15) is 0 Å². The van der Waals surface area contributed by atoms with Gasteiger partial charge in [0, 0.05) is 12.5 Å². The molecule has 3 nitrogen and oxygen atoms in total. The Bertz CT molecular complexity index is 260. The summed E-state index contributed by atoms with van der Waals surface area (Å²) in [6.07, 6.45) is 4.84. The molecule has 2 fully saturated rings. The highest BCUT2D eigenvalue weighted by molar-refractivity contribution is 5.85. The molecule has 0 aromatic heterocycles. The van der Waals surface area contributed by atoms with Crippen molar-refractivity contribution in [1.29, 1.82) is 0 Å². The van der Waals surface area contributed by atoms with Gasteiger partial charge in [-0.05, 0) is 50.1 Å². The molecule has 0 bridgehead atoms. The van der Waals surface area contributed by atoms with Crippen molar-refractivity contribution in [1.82, 2.24) is 10.6 Å². The van der Waals surface area contributed by atoms with Crippen LogP contribution in [-0.2, 0) is 4.79 Å². The second-order valence-corrected chi connectivity index (χ2v) is 5.90. The lowest BCUT2D eigenvalue weighted by Gasteiger charge is -2.34. The van der Waals surface area contributed by atoms with Crippen molar-refractivity contribution >= 4 is 18.3 Å². The van der Waals surface area contributed by atoms with E-state index >= 15 is 0 Å². The number of hydrogen-bond acceptors (Lipinski definition) is 2. The lowest BCUT2D eigenvalue weighted by atomic mass is 9.81. The minimum absolute atomic E-state index is 0. The van der Waals surface area contributed by atoms with Gasteiger partial charge in [0.25, 0.3) is 0 Å². The Balaban J connectivity index is 0.00000144. The molecule has 4 heteroatoms. The van der Waals surface area contributed by atoms with E-state index in [0.29, 0.717) is 11.3 Å². The molecule has 0 aromatic rings.